The van der Waals surface area contributed by atoms with E-state index in [1.54, 1.807) is 0 Å². The standard InChI is InChI=1S/C14H27NO3/c1-13(2,3)11(16)7-9-18-10-8-12(17)15-14(4,5)6/h7-10H2,1-6H3,(H,15,17). The van der Waals surface area contributed by atoms with Gasteiger partial charge in [0, 0.05) is 23.8 Å². The first-order chi connectivity index (χ1) is 8.02. The zero-order valence-electron chi connectivity index (χ0n) is 12.6. The number of Topliss-reactive ketones (excluding diaryl/α,β-unsaturated/α-hetero) is 1. The summed E-state index contributed by atoms with van der Waals surface area (Å²) in [6.07, 6.45) is 0.741. The van der Waals surface area contributed by atoms with Crippen molar-refractivity contribution < 1.29 is 14.3 Å². The zero-order chi connectivity index (χ0) is 14.4. The summed E-state index contributed by atoms with van der Waals surface area (Å²) in [6.45, 7) is 12.2. The Balaban J connectivity index is 3.64. The van der Waals surface area contributed by atoms with E-state index in [0.717, 1.165) is 0 Å². The Kier molecular flexibility index (Phi) is 6.54. The quantitative estimate of drug-likeness (QED) is 0.743. The highest BCUT2D eigenvalue weighted by Crippen LogP contribution is 2.16. The van der Waals surface area contributed by atoms with E-state index in [9.17, 15) is 9.59 Å². The average molecular weight is 257 g/mol. The summed E-state index contributed by atoms with van der Waals surface area (Å²) >= 11 is 0. The highest BCUT2D eigenvalue weighted by Gasteiger charge is 2.20. The van der Waals surface area contributed by atoms with Crippen LogP contribution < -0.4 is 5.32 Å². The highest BCUT2D eigenvalue weighted by atomic mass is 16.5. The Morgan fingerprint density at radius 3 is 1.89 bits per heavy atom. The van der Waals surface area contributed by atoms with E-state index in [0.29, 0.717) is 26.1 Å². The van der Waals surface area contributed by atoms with Crippen LogP contribution in [0.4, 0.5) is 0 Å². The first-order valence-electron chi connectivity index (χ1n) is 6.44. The third-order valence-corrected chi connectivity index (χ3v) is 2.30. The summed E-state index contributed by atoms with van der Waals surface area (Å²) in [5.74, 6) is 0.159. The molecule has 0 saturated carbocycles. The van der Waals surface area contributed by atoms with Crippen LogP contribution in [0.5, 0.6) is 0 Å². The molecule has 0 radical (unpaired) electrons. The molecule has 0 unspecified atom stereocenters. The van der Waals surface area contributed by atoms with Crippen molar-refractivity contribution in [1.82, 2.24) is 5.32 Å². The minimum Gasteiger partial charge on any atom is -0.380 e. The molecule has 0 aromatic heterocycles. The molecule has 0 aliphatic heterocycles. The molecule has 0 aromatic carbocycles. The molecule has 0 aliphatic rings. The van der Waals surface area contributed by atoms with Gasteiger partial charge in [-0.1, -0.05) is 20.8 Å². The van der Waals surface area contributed by atoms with Crippen LogP contribution in [-0.2, 0) is 14.3 Å². The molecule has 4 nitrogen and oxygen atoms in total. The molecule has 0 aromatic rings. The third kappa shape index (κ3) is 9.16. The molecule has 0 atom stereocenters. The molecule has 0 aliphatic carbocycles. The van der Waals surface area contributed by atoms with Gasteiger partial charge in [-0.3, -0.25) is 9.59 Å². The predicted octanol–water partition coefficient (Wildman–Crippen LogP) is 2.31. The van der Waals surface area contributed by atoms with Crippen molar-refractivity contribution in [2.75, 3.05) is 13.2 Å². The molecule has 4 heteroatoms. The van der Waals surface area contributed by atoms with Crippen molar-refractivity contribution in [3.8, 4) is 0 Å². The van der Waals surface area contributed by atoms with Gasteiger partial charge in [-0.25, -0.2) is 0 Å². The number of ether oxygens (including phenoxy) is 1. The van der Waals surface area contributed by atoms with Gasteiger partial charge in [-0.15, -0.1) is 0 Å². The number of carbonyl (C=O) groups excluding carboxylic acids is 2. The zero-order valence-corrected chi connectivity index (χ0v) is 12.6. The monoisotopic (exact) mass is 257 g/mol. The lowest BCUT2D eigenvalue weighted by molar-refractivity contribution is -0.127. The molecule has 1 amide bonds. The molecule has 106 valence electrons. The molecule has 0 rings (SSSR count). The first-order valence-corrected chi connectivity index (χ1v) is 6.44. The maximum atomic E-state index is 11.6. The van der Waals surface area contributed by atoms with Crippen LogP contribution in [0.2, 0.25) is 0 Å². The summed E-state index contributed by atoms with van der Waals surface area (Å²) in [4.78, 5) is 23.0. The van der Waals surface area contributed by atoms with Crippen LogP contribution in [0.15, 0.2) is 0 Å². The average Bonchev–Trinajstić information content (AvgIpc) is 2.12. The van der Waals surface area contributed by atoms with Gasteiger partial charge in [0.2, 0.25) is 5.91 Å². The van der Waals surface area contributed by atoms with E-state index in [1.165, 1.54) is 0 Å². The number of hydrogen-bond donors (Lipinski definition) is 1. The Morgan fingerprint density at radius 1 is 0.944 bits per heavy atom. The highest BCUT2D eigenvalue weighted by molar-refractivity contribution is 5.83. The van der Waals surface area contributed by atoms with Crippen LogP contribution in [0.3, 0.4) is 0 Å². The van der Waals surface area contributed by atoms with Crippen molar-refractivity contribution >= 4 is 11.7 Å². The van der Waals surface area contributed by atoms with Gasteiger partial charge >= 0.3 is 0 Å². The summed E-state index contributed by atoms with van der Waals surface area (Å²) in [5.41, 5.74) is -0.522. The molecule has 0 bridgehead atoms. The van der Waals surface area contributed by atoms with Gasteiger partial charge < -0.3 is 10.1 Å². The topological polar surface area (TPSA) is 55.4 Å². The number of nitrogens with one attached hydrogen (secondary N) is 1. The fraction of sp³-hybridized carbons (Fsp3) is 0.857. The SMILES string of the molecule is CC(C)(C)NC(=O)CCOCCC(=O)C(C)(C)C. The largest absolute Gasteiger partial charge is 0.380 e. The van der Waals surface area contributed by atoms with Crippen molar-refractivity contribution in [3.05, 3.63) is 0 Å². The summed E-state index contributed by atoms with van der Waals surface area (Å²) in [6, 6.07) is 0. The van der Waals surface area contributed by atoms with E-state index in [4.69, 9.17) is 4.74 Å². The lowest BCUT2D eigenvalue weighted by Gasteiger charge is -2.20. The Morgan fingerprint density at radius 2 is 1.44 bits per heavy atom. The van der Waals surface area contributed by atoms with Crippen LogP contribution in [0, 0.1) is 5.41 Å². The van der Waals surface area contributed by atoms with Crippen molar-refractivity contribution in [3.63, 3.8) is 0 Å². The van der Waals surface area contributed by atoms with E-state index in [-0.39, 0.29) is 22.6 Å². The molecule has 1 N–H and O–H groups in total. The van der Waals surface area contributed by atoms with Crippen LogP contribution in [0.25, 0.3) is 0 Å². The van der Waals surface area contributed by atoms with Crippen LogP contribution in [0.1, 0.15) is 54.4 Å². The van der Waals surface area contributed by atoms with E-state index in [2.05, 4.69) is 5.32 Å². The van der Waals surface area contributed by atoms with Crippen molar-refractivity contribution in [1.29, 1.82) is 0 Å². The van der Waals surface area contributed by atoms with Crippen LogP contribution in [-0.4, -0.2) is 30.4 Å². The molecular weight excluding hydrogens is 230 g/mol. The second-order valence-corrected chi connectivity index (χ2v) is 6.58. The van der Waals surface area contributed by atoms with Crippen LogP contribution >= 0.6 is 0 Å². The summed E-state index contributed by atoms with van der Waals surface area (Å²) in [7, 11) is 0. The van der Waals surface area contributed by atoms with Gasteiger partial charge in [0.1, 0.15) is 5.78 Å². The van der Waals surface area contributed by atoms with Gasteiger partial charge in [-0.05, 0) is 20.8 Å². The summed E-state index contributed by atoms with van der Waals surface area (Å²) < 4.78 is 5.30. The number of rotatable bonds is 6. The normalized spacial score (nSPS) is 12.3. The maximum Gasteiger partial charge on any atom is 0.222 e. The van der Waals surface area contributed by atoms with E-state index < -0.39 is 0 Å². The number of amides is 1. The number of hydrogen-bond acceptors (Lipinski definition) is 3. The first kappa shape index (κ1) is 17.1. The number of carbonyl (C=O) groups is 2. The fourth-order valence-electron chi connectivity index (χ4n) is 1.29. The van der Waals surface area contributed by atoms with E-state index in [1.807, 2.05) is 41.5 Å². The second-order valence-electron chi connectivity index (χ2n) is 6.58. The van der Waals surface area contributed by atoms with Crippen molar-refractivity contribution in [2.24, 2.45) is 5.41 Å². The molecule has 0 saturated heterocycles. The summed E-state index contributed by atoms with van der Waals surface area (Å²) in [5, 5.41) is 2.86. The van der Waals surface area contributed by atoms with Crippen molar-refractivity contribution in [2.45, 2.75) is 59.9 Å². The molecule has 0 fully saturated rings. The molecule has 0 heterocycles. The second kappa shape index (κ2) is 6.88. The third-order valence-electron chi connectivity index (χ3n) is 2.30. The predicted molar refractivity (Wildman–Crippen MR) is 72.4 cm³/mol. The minimum absolute atomic E-state index is 0.0235. The Bertz CT molecular complexity index is 284. The minimum atomic E-state index is -0.313. The molecule has 18 heavy (non-hydrogen) atoms. The van der Waals surface area contributed by atoms with Gasteiger partial charge in [-0.2, -0.15) is 0 Å². The lowest BCUT2D eigenvalue weighted by atomic mass is 9.89. The van der Waals surface area contributed by atoms with E-state index >= 15 is 0 Å². The van der Waals surface area contributed by atoms with Gasteiger partial charge in [0.15, 0.2) is 0 Å². The smallest absolute Gasteiger partial charge is 0.222 e. The van der Waals surface area contributed by atoms with Gasteiger partial charge in [0.25, 0.3) is 0 Å². The number of ketones is 1. The molecule has 0 spiro atoms. The molecular formula is C14H27NO3. The maximum absolute atomic E-state index is 11.6. The van der Waals surface area contributed by atoms with Gasteiger partial charge in [0.05, 0.1) is 13.2 Å². The lowest BCUT2D eigenvalue weighted by Crippen LogP contribution is -2.40. The fourth-order valence-corrected chi connectivity index (χ4v) is 1.29. The Labute approximate surface area is 110 Å². The Hall–Kier alpha value is -0.900.